The van der Waals surface area contributed by atoms with E-state index in [1.54, 1.807) is 25.3 Å². The molecule has 4 N–H and O–H groups in total. The number of aromatic nitrogens is 1. The van der Waals surface area contributed by atoms with Crippen molar-refractivity contribution in [3.05, 3.63) is 48.2 Å². The smallest absolute Gasteiger partial charge is 0.265 e. The number of benzene rings is 1. The van der Waals surface area contributed by atoms with Gasteiger partial charge in [-0.15, -0.1) is 0 Å². The zero-order valence-corrected chi connectivity index (χ0v) is 12.2. The Morgan fingerprint density at radius 1 is 1.29 bits per heavy atom. The maximum absolute atomic E-state index is 12.4. The average Bonchev–Trinajstić information content (AvgIpc) is 2.47. The van der Waals surface area contributed by atoms with Gasteiger partial charge in [0, 0.05) is 19.0 Å². The summed E-state index contributed by atoms with van der Waals surface area (Å²) in [5.74, 6) is 5.36. The van der Waals surface area contributed by atoms with Gasteiger partial charge in [0.2, 0.25) is 0 Å². The Labute approximate surface area is 123 Å². The first-order chi connectivity index (χ1) is 10.1. The van der Waals surface area contributed by atoms with Crippen LogP contribution in [0, 0.1) is 0 Å². The molecule has 0 fully saturated rings. The Morgan fingerprint density at radius 2 is 2.10 bits per heavy atom. The van der Waals surface area contributed by atoms with Gasteiger partial charge < -0.3 is 10.2 Å². The molecule has 1 aromatic heterocycles. The fourth-order valence-electron chi connectivity index (χ4n) is 1.82. The molecule has 0 radical (unpaired) electrons. The second-order valence-electron chi connectivity index (χ2n) is 4.23. The second-order valence-corrected chi connectivity index (χ2v) is 5.88. The molecule has 0 amide bonds. The largest absolute Gasteiger partial charge is 0.380 e. The molecule has 0 aliphatic carbocycles. The van der Waals surface area contributed by atoms with Gasteiger partial charge in [0.1, 0.15) is 4.90 Å². The van der Waals surface area contributed by atoms with Gasteiger partial charge in [0.15, 0.2) is 5.82 Å². The van der Waals surface area contributed by atoms with E-state index in [0.29, 0.717) is 12.3 Å². The first-order valence-electron chi connectivity index (χ1n) is 6.09. The van der Waals surface area contributed by atoms with Crippen molar-refractivity contribution in [1.29, 1.82) is 0 Å². The van der Waals surface area contributed by atoms with Gasteiger partial charge in [-0.3, -0.25) is 4.72 Å². The molecule has 1 aromatic carbocycles. The van der Waals surface area contributed by atoms with Gasteiger partial charge in [0.05, 0.1) is 6.61 Å². The van der Waals surface area contributed by atoms with Crippen LogP contribution in [0.1, 0.15) is 5.56 Å². The molecule has 0 saturated carbocycles. The van der Waals surface area contributed by atoms with E-state index in [4.69, 9.17) is 10.6 Å². The molecule has 0 bridgehead atoms. The molecule has 8 heteroatoms. The van der Waals surface area contributed by atoms with Gasteiger partial charge in [-0.25, -0.2) is 19.2 Å². The van der Waals surface area contributed by atoms with E-state index in [0.717, 1.165) is 5.56 Å². The summed E-state index contributed by atoms with van der Waals surface area (Å²) in [5.41, 5.74) is 3.57. The van der Waals surface area contributed by atoms with Gasteiger partial charge in [0.25, 0.3) is 10.0 Å². The number of rotatable bonds is 6. The fraction of sp³-hybridized carbons (Fsp3) is 0.154. The van der Waals surface area contributed by atoms with Crippen molar-refractivity contribution in [1.82, 2.24) is 4.98 Å². The summed E-state index contributed by atoms with van der Waals surface area (Å²) in [6, 6.07) is 9.89. The number of nitrogens with zero attached hydrogens (tertiary/aromatic N) is 1. The van der Waals surface area contributed by atoms with E-state index in [1.165, 1.54) is 18.3 Å². The van der Waals surface area contributed by atoms with Crippen molar-refractivity contribution < 1.29 is 13.2 Å². The predicted octanol–water partition coefficient (Wildman–Crippen LogP) is 1.31. The van der Waals surface area contributed by atoms with Crippen molar-refractivity contribution in [2.24, 2.45) is 5.84 Å². The van der Waals surface area contributed by atoms with E-state index in [9.17, 15) is 8.42 Å². The highest BCUT2D eigenvalue weighted by molar-refractivity contribution is 7.92. The summed E-state index contributed by atoms with van der Waals surface area (Å²) < 4.78 is 32.3. The second kappa shape index (κ2) is 6.53. The quantitative estimate of drug-likeness (QED) is 0.549. The molecule has 0 aliphatic heterocycles. The first-order valence-corrected chi connectivity index (χ1v) is 7.57. The van der Waals surface area contributed by atoms with Crippen LogP contribution < -0.4 is 16.0 Å². The molecular formula is C13H16N4O3S. The zero-order chi connectivity index (χ0) is 15.3. The van der Waals surface area contributed by atoms with Crippen LogP contribution in [0.4, 0.5) is 11.5 Å². The van der Waals surface area contributed by atoms with Gasteiger partial charge in [-0.2, -0.15) is 0 Å². The number of hydrogen-bond acceptors (Lipinski definition) is 6. The molecule has 0 spiro atoms. The Morgan fingerprint density at radius 3 is 2.81 bits per heavy atom. The van der Waals surface area contributed by atoms with Gasteiger partial charge in [-0.1, -0.05) is 12.1 Å². The van der Waals surface area contributed by atoms with Gasteiger partial charge in [-0.05, 0) is 29.8 Å². The summed E-state index contributed by atoms with van der Waals surface area (Å²) in [4.78, 5) is 3.85. The number of ether oxygens (including phenoxy) is 1. The molecule has 1 heterocycles. The lowest BCUT2D eigenvalue weighted by Gasteiger charge is -2.11. The summed E-state index contributed by atoms with van der Waals surface area (Å²) in [7, 11) is -2.21. The Hall–Kier alpha value is -2.16. The third-order valence-corrected chi connectivity index (χ3v) is 4.10. The standard InChI is InChI=1S/C13H16N4O3S/c1-20-9-10-4-2-5-11(8-10)17-21(18,19)12-6-3-7-15-13(12)16-14/h2-8,17H,9,14H2,1H3,(H,15,16). The molecular weight excluding hydrogens is 292 g/mol. The van der Waals surface area contributed by atoms with Crippen molar-refractivity contribution in [2.45, 2.75) is 11.5 Å². The SMILES string of the molecule is COCc1cccc(NS(=O)(=O)c2cccnc2NN)c1. The molecule has 21 heavy (non-hydrogen) atoms. The Bertz CT molecular complexity index is 719. The summed E-state index contributed by atoms with van der Waals surface area (Å²) in [6.07, 6.45) is 1.45. The Kier molecular flexibility index (Phi) is 4.73. The molecule has 112 valence electrons. The lowest BCUT2D eigenvalue weighted by molar-refractivity contribution is 0.185. The zero-order valence-electron chi connectivity index (χ0n) is 11.4. The van der Waals surface area contributed by atoms with Crippen LogP contribution in [0.15, 0.2) is 47.5 Å². The number of pyridine rings is 1. The van der Waals surface area contributed by atoms with Gasteiger partial charge >= 0.3 is 0 Å². The molecule has 0 atom stereocenters. The van der Waals surface area contributed by atoms with E-state index in [1.807, 2.05) is 6.07 Å². The van der Waals surface area contributed by atoms with Crippen LogP contribution in [0.5, 0.6) is 0 Å². The van der Waals surface area contributed by atoms with E-state index < -0.39 is 10.0 Å². The number of sulfonamides is 1. The molecule has 0 aliphatic rings. The number of nitrogens with two attached hydrogens (primary N) is 1. The number of nitrogen functional groups attached to an aromatic ring is 1. The average molecular weight is 308 g/mol. The minimum Gasteiger partial charge on any atom is -0.380 e. The number of methoxy groups -OCH3 is 1. The van der Waals surface area contributed by atoms with E-state index >= 15 is 0 Å². The predicted molar refractivity (Wildman–Crippen MR) is 80.0 cm³/mol. The summed E-state index contributed by atoms with van der Waals surface area (Å²) >= 11 is 0. The van der Waals surface area contributed by atoms with Crippen LogP contribution in [0.25, 0.3) is 0 Å². The minimum atomic E-state index is -3.78. The minimum absolute atomic E-state index is 0.0235. The maximum atomic E-state index is 12.4. The highest BCUT2D eigenvalue weighted by Crippen LogP contribution is 2.21. The number of hydrogen-bond donors (Lipinski definition) is 3. The van der Waals surface area contributed by atoms with E-state index in [-0.39, 0.29) is 10.7 Å². The van der Waals surface area contributed by atoms with Crippen LogP contribution in [0.3, 0.4) is 0 Å². The monoisotopic (exact) mass is 308 g/mol. The summed E-state index contributed by atoms with van der Waals surface area (Å²) in [6.45, 7) is 0.401. The molecule has 7 nitrogen and oxygen atoms in total. The van der Waals surface area contributed by atoms with Crippen molar-refractivity contribution in [2.75, 3.05) is 17.3 Å². The molecule has 0 unspecified atom stereocenters. The Balaban J connectivity index is 2.31. The molecule has 2 aromatic rings. The first kappa shape index (κ1) is 15.2. The van der Waals surface area contributed by atoms with Crippen molar-refractivity contribution in [3.8, 4) is 0 Å². The van der Waals surface area contributed by atoms with E-state index in [2.05, 4.69) is 15.1 Å². The number of hydrazine groups is 1. The normalized spacial score (nSPS) is 11.1. The third-order valence-electron chi connectivity index (χ3n) is 2.69. The maximum Gasteiger partial charge on any atom is 0.265 e. The topological polar surface area (TPSA) is 106 Å². The highest BCUT2D eigenvalue weighted by atomic mass is 32.2. The number of anilines is 2. The highest BCUT2D eigenvalue weighted by Gasteiger charge is 2.19. The van der Waals surface area contributed by atoms with Crippen LogP contribution >= 0.6 is 0 Å². The lowest BCUT2D eigenvalue weighted by Crippen LogP contribution is -2.18. The van der Waals surface area contributed by atoms with Crippen molar-refractivity contribution >= 4 is 21.5 Å². The molecule has 0 saturated heterocycles. The third kappa shape index (κ3) is 3.69. The van der Waals surface area contributed by atoms with Crippen LogP contribution in [-0.4, -0.2) is 20.5 Å². The van der Waals surface area contributed by atoms with Crippen LogP contribution in [0.2, 0.25) is 0 Å². The fourth-order valence-corrected chi connectivity index (χ4v) is 2.99. The van der Waals surface area contributed by atoms with Crippen LogP contribution in [-0.2, 0) is 21.4 Å². The summed E-state index contributed by atoms with van der Waals surface area (Å²) in [5, 5.41) is 0. The number of nitrogens with one attached hydrogen (secondary N) is 2. The lowest BCUT2D eigenvalue weighted by atomic mass is 10.2. The molecule has 2 rings (SSSR count). The van der Waals surface area contributed by atoms with Crippen molar-refractivity contribution in [3.63, 3.8) is 0 Å².